The summed E-state index contributed by atoms with van der Waals surface area (Å²) in [5, 5.41) is 1.21. The maximum Gasteiger partial charge on any atom is 0.223 e. The number of rotatable bonds is 3. The van der Waals surface area contributed by atoms with Crippen molar-refractivity contribution in [1.29, 1.82) is 0 Å². The van der Waals surface area contributed by atoms with E-state index in [1.54, 1.807) is 0 Å². The predicted octanol–water partition coefficient (Wildman–Crippen LogP) is 3.02. The number of nitrogens with zero attached hydrogens (tertiary/aromatic N) is 1. The lowest BCUT2D eigenvalue weighted by Gasteiger charge is -2.29. The van der Waals surface area contributed by atoms with Crippen LogP contribution in [0.1, 0.15) is 51.9 Å². The third kappa shape index (κ3) is 2.90. The third-order valence-electron chi connectivity index (χ3n) is 3.49. The van der Waals surface area contributed by atoms with Crippen molar-refractivity contribution in [2.45, 2.75) is 62.5 Å². The molecule has 2 fully saturated rings. The molecule has 1 saturated heterocycles. The molecule has 1 aliphatic carbocycles. The topological polar surface area (TPSA) is 20.3 Å². The first-order valence-corrected chi connectivity index (χ1v) is 7.16. The number of hydrogen-bond acceptors (Lipinski definition) is 2. The molecule has 0 radical (unpaired) electrons. The third-order valence-corrected chi connectivity index (χ3v) is 5.00. The fourth-order valence-corrected chi connectivity index (χ4v) is 4.14. The van der Waals surface area contributed by atoms with Gasteiger partial charge in [-0.1, -0.05) is 19.3 Å². The van der Waals surface area contributed by atoms with Gasteiger partial charge in [-0.15, -0.1) is 11.8 Å². The zero-order valence-electron chi connectivity index (χ0n) is 9.58. The molecule has 1 unspecified atom stereocenters. The van der Waals surface area contributed by atoms with Crippen LogP contribution in [0.2, 0.25) is 0 Å². The molecular weight excluding hydrogens is 206 g/mol. The Kier molecular flexibility index (Phi) is 3.95. The Balaban J connectivity index is 1.80. The Morgan fingerprint density at radius 2 is 2.00 bits per heavy atom. The lowest BCUT2D eigenvalue weighted by atomic mass is 10.0. The van der Waals surface area contributed by atoms with E-state index < -0.39 is 0 Å². The number of thioether (sulfide) groups is 1. The van der Waals surface area contributed by atoms with Gasteiger partial charge in [0.2, 0.25) is 5.91 Å². The van der Waals surface area contributed by atoms with Crippen LogP contribution in [0.4, 0.5) is 0 Å². The van der Waals surface area contributed by atoms with Crippen LogP contribution in [0.5, 0.6) is 0 Å². The molecule has 0 aromatic rings. The quantitative estimate of drug-likeness (QED) is 0.738. The molecule has 1 saturated carbocycles. The van der Waals surface area contributed by atoms with Gasteiger partial charge in [-0.2, -0.15) is 0 Å². The molecule has 0 aromatic carbocycles. The number of carbonyl (C=O) groups is 1. The minimum atomic E-state index is 0.366. The summed E-state index contributed by atoms with van der Waals surface area (Å²) in [7, 11) is 0. The first kappa shape index (κ1) is 11.3. The molecule has 2 aliphatic rings. The lowest BCUT2D eigenvalue weighted by Crippen LogP contribution is -2.33. The molecule has 86 valence electrons. The molecule has 0 N–H and O–H groups in total. The van der Waals surface area contributed by atoms with E-state index in [1.807, 2.05) is 11.8 Å². The van der Waals surface area contributed by atoms with Crippen molar-refractivity contribution in [3.63, 3.8) is 0 Å². The first-order chi connectivity index (χ1) is 7.27. The van der Waals surface area contributed by atoms with Crippen LogP contribution in [-0.4, -0.2) is 28.0 Å². The number of likely N-dealkylation sites (tertiary alicyclic amines) is 1. The Hall–Kier alpha value is -0.180. The van der Waals surface area contributed by atoms with Crippen LogP contribution in [-0.2, 0) is 4.79 Å². The van der Waals surface area contributed by atoms with Gasteiger partial charge < -0.3 is 4.90 Å². The molecule has 3 heteroatoms. The molecule has 2 rings (SSSR count). The van der Waals surface area contributed by atoms with Gasteiger partial charge in [-0.05, 0) is 26.2 Å². The Bertz CT molecular complexity index is 226. The van der Waals surface area contributed by atoms with Gasteiger partial charge in [0.05, 0.1) is 5.37 Å². The van der Waals surface area contributed by atoms with E-state index in [1.165, 1.54) is 32.1 Å². The van der Waals surface area contributed by atoms with Crippen molar-refractivity contribution in [1.82, 2.24) is 4.90 Å². The van der Waals surface area contributed by atoms with Crippen molar-refractivity contribution < 1.29 is 4.79 Å². The van der Waals surface area contributed by atoms with E-state index in [4.69, 9.17) is 0 Å². The summed E-state index contributed by atoms with van der Waals surface area (Å²) in [6, 6.07) is 0. The summed E-state index contributed by atoms with van der Waals surface area (Å²) in [6.07, 6.45) is 8.74. The van der Waals surface area contributed by atoms with Crippen LogP contribution in [0.3, 0.4) is 0 Å². The molecule has 0 spiro atoms. The van der Waals surface area contributed by atoms with Crippen LogP contribution < -0.4 is 0 Å². The SMILES string of the molecule is CC(SC1CCCCC1)N1CCCC1=O. The standard InChI is InChI=1S/C12H21NOS/c1-10(13-9-5-8-12(13)14)15-11-6-3-2-4-7-11/h10-11H,2-9H2,1H3. The van der Waals surface area contributed by atoms with E-state index in [0.29, 0.717) is 11.3 Å². The van der Waals surface area contributed by atoms with E-state index in [-0.39, 0.29) is 0 Å². The van der Waals surface area contributed by atoms with Crippen molar-refractivity contribution >= 4 is 17.7 Å². The van der Waals surface area contributed by atoms with Gasteiger partial charge in [0.15, 0.2) is 0 Å². The van der Waals surface area contributed by atoms with Gasteiger partial charge >= 0.3 is 0 Å². The fourth-order valence-electron chi connectivity index (χ4n) is 2.61. The summed E-state index contributed by atoms with van der Waals surface area (Å²) >= 11 is 2.03. The van der Waals surface area contributed by atoms with E-state index >= 15 is 0 Å². The summed E-state index contributed by atoms with van der Waals surface area (Å²) in [5.41, 5.74) is 0. The fraction of sp³-hybridized carbons (Fsp3) is 0.917. The number of hydrogen-bond donors (Lipinski definition) is 0. The molecule has 0 bridgehead atoms. The zero-order valence-corrected chi connectivity index (χ0v) is 10.4. The second-order valence-electron chi connectivity index (χ2n) is 4.69. The summed E-state index contributed by atoms with van der Waals surface area (Å²) < 4.78 is 0. The largest absolute Gasteiger partial charge is 0.331 e. The van der Waals surface area contributed by atoms with Crippen LogP contribution in [0.15, 0.2) is 0 Å². The molecule has 1 heterocycles. The molecule has 1 aliphatic heterocycles. The monoisotopic (exact) mass is 227 g/mol. The van der Waals surface area contributed by atoms with Crippen molar-refractivity contribution in [3.8, 4) is 0 Å². The Morgan fingerprint density at radius 1 is 1.27 bits per heavy atom. The first-order valence-electron chi connectivity index (χ1n) is 6.22. The maximum absolute atomic E-state index is 11.6. The average molecular weight is 227 g/mol. The minimum absolute atomic E-state index is 0.366. The summed E-state index contributed by atoms with van der Waals surface area (Å²) in [4.78, 5) is 13.6. The van der Waals surface area contributed by atoms with Gasteiger partial charge in [0, 0.05) is 18.2 Å². The molecule has 1 atom stereocenters. The second-order valence-corrected chi connectivity index (χ2v) is 6.31. The smallest absolute Gasteiger partial charge is 0.223 e. The van der Waals surface area contributed by atoms with E-state index in [2.05, 4.69) is 11.8 Å². The summed E-state index contributed by atoms with van der Waals surface area (Å²) in [6.45, 7) is 3.18. The Labute approximate surface area is 96.8 Å². The van der Waals surface area contributed by atoms with Crippen molar-refractivity contribution in [2.24, 2.45) is 0 Å². The summed E-state index contributed by atoms with van der Waals surface area (Å²) in [5.74, 6) is 0.366. The number of carbonyl (C=O) groups excluding carboxylic acids is 1. The predicted molar refractivity (Wildman–Crippen MR) is 64.9 cm³/mol. The maximum atomic E-state index is 11.6. The van der Waals surface area contributed by atoms with Crippen molar-refractivity contribution in [3.05, 3.63) is 0 Å². The molecular formula is C12H21NOS. The highest BCUT2D eigenvalue weighted by Gasteiger charge is 2.27. The normalized spacial score (nSPS) is 25.9. The van der Waals surface area contributed by atoms with Gasteiger partial charge in [0.1, 0.15) is 0 Å². The highest BCUT2D eigenvalue weighted by Crippen LogP contribution is 2.33. The van der Waals surface area contributed by atoms with Gasteiger partial charge in [0.25, 0.3) is 0 Å². The van der Waals surface area contributed by atoms with Gasteiger partial charge in [-0.3, -0.25) is 4.79 Å². The van der Waals surface area contributed by atoms with Crippen LogP contribution in [0.25, 0.3) is 0 Å². The van der Waals surface area contributed by atoms with Crippen molar-refractivity contribution in [2.75, 3.05) is 6.54 Å². The highest BCUT2D eigenvalue weighted by molar-refractivity contribution is 8.00. The van der Waals surface area contributed by atoms with Gasteiger partial charge in [-0.25, -0.2) is 0 Å². The zero-order chi connectivity index (χ0) is 10.7. The van der Waals surface area contributed by atoms with E-state index in [0.717, 1.165) is 24.6 Å². The lowest BCUT2D eigenvalue weighted by molar-refractivity contribution is -0.128. The minimum Gasteiger partial charge on any atom is -0.331 e. The average Bonchev–Trinajstić information content (AvgIpc) is 2.66. The Morgan fingerprint density at radius 3 is 2.60 bits per heavy atom. The number of amides is 1. The molecule has 2 nitrogen and oxygen atoms in total. The molecule has 1 amide bonds. The van der Waals surface area contributed by atoms with Crippen LogP contribution >= 0.6 is 11.8 Å². The van der Waals surface area contributed by atoms with Crippen LogP contribution in [0, 0.1) is 0 Å². The molecule has 0 aromatic heterocycles. The second kappa shape index (κ2) is 5.24. The molecule has 15 heavy (non-hydrogen) atoms. The highest BCUT2D eigenvalue weighted by atomic mass is 32.2. The van der Waals surface area contributed by atoms with E-state index in [9.17, 15) is 4.79 Å².